The number of rotatable bonds is 4. The quantitative estimate of drug-likeness (QED) is 0.785. The Kier molecular flexibility index (Phi) is 5.33. The number of carbonyl (C=O) groups is 1. The molecule has 2 heterocycles. The summed E-state index contributed by atoms with van der Waals surface area (Å²) < 4.78 is 0. The molecule has 1 saturated carbocycles. The standard InChI is InChI=1S/C17H28N4O2/c1-2-12-11-14(20-19-12)17(23)18-13-7-9-21(10-8-13)15-5-3-4-6-16(15)22/h11,13,15-16,22H,2-10H2,1H3,(H,18,23)(H,19,20). The van der Waals surface area contributed by atoms with Crippen LogP contribution in [0.1, 0.15) is 61.6 Å². The van der Waals surface area contributed by atoms with Gasteiger partial charge in [0, 0.05) is 30.9 Å². The summed E-state index contributed by atoms with van der Waals surface area (Å²) in [5.74, 6) is -0.0860. The van der Waals surface area contributed by atoms with Crippen LogP contribution in [0, 0.1) is 0 Å². The first kappa shape index (κ1) is 16.5. The lowest BCUT2D eigenvalue weighted by Gasteiger charge is -2.41. The fourth-order valence-electron chi connectivity index (χ4n) is 3.81. The molecule has 0 radical (unpaired) electrons. The van der Waals surface area contributed by atoms with E-state index < -0.39 is 0 Å². The molecule has 6 heteroatoms. The van der Waals surface area contributed by atoms with Crippen LogP contribution in [0.15, 0.2) is 6.07 Å². The van der Waals surface area contributed by atoms with Gasteiger partial charge in [-0.2, -0.15) is 5.10 Å². The normalized spacial score (nSPS) is 27.0. The van der Waals surface area contributed by atoms with Gasteiger partial charge in [-0.1, -0.05) is 19.8 Å². The van der Waals surface area contributed by atoms with Crippen molar-refractivity contribution >= 4 is 5.91 Å². The minimum atomic E-state index is -0.175. The van der Waals surface area contributed by atoms with Crippen molar-refractivity contribution in [3.05, 3.63) is 17.5 Å². The van der Waals surface area contributed by atoms with Crippen molar-refractivity contribution < 1.29 is 9.90 Å². The highest BCUT2D eigenvalue weighted by atomic mass is 16.3. The zero-order chi connectivity index (χ0) is 16.2. The van der Waals surface area contributed by atoms with Crippen molar-refractivity contribution in [1.82, 2.24) is 20.4 Å². The number of aryl methyl sites for hydroxylation is 1. The lowest BCUT2D eigenvalue weighted by molar-refractivity contribution is 0.00726. The average molecular weight is 320 g/mol. The Hall–Kier alpha value is -1.40. The zero-order valence-corrected chi connectivity index (χ0v) is 13.9. The Bertz CT molecular complexity index is 522. The van der Waals surface area contributed by atoms with Crippen molar-refractivity contribution in [2.75, 3.05) is 13.1 Å². The van der Waals surface area contributed by atoms with Gasteiger partial charge >= 0.3 is 0 Å². The van der Waals surface area contributed by atoms with Crippen LogP contribution >= 0.6 is 0 Å². The van der Waals surface area contributed by atoms with Crippen LogP contribution in [-0.4, -0.2) is 57.4 Å². The Morgan fingerprint density at radius 2 is 2.09 bits per heavy atom. The molecule has 6 nitrogen and oxygen atoms in total. The summed E-state index contributed by atoms with van der Waals surface area (Å²) in [7, 11) is 0. The minimum Gasteiger partial charge on any atom is -0.391 e. The maximum atomic E-state index is 12.2. The lowest BCUT2D eigenvalue weighted by atomic mass is 9.89. The van der Waals surface area contributed by atoms with E-state index in [-0.39, 0.29) is 18.1 Å². The van der Waals surface area contributed by atoms with E-state index in [2.05, 4.69) is 20.4 Å². The molecule has 1 aromatic heterocycles. The second-order valence-corrected chi connectivity index (χ2v) is 6.83. The van der Waals surface area contributed by atoms with Gasteiger partial charge in [-0.15, -0.1) is 0 Å². The van der Waals surface area contributed by atoms with Gasteiger partial charge in [-0.05, 0) is 38.2 Å². The number of aromatic nitrogens is 2. The molecule has 1 aliphatic heterocycles. The molecule has 0 aromatic carbocycles. The number of piperidine rings is 1. The maximum Gasteiger partial charge on any atom is 0.271 e. The number of nitrogens with one attached hydrogen (secondary N) is 2. The van der Waals surface area contributed by atoms with E-state index in [1.165, 1.54) is 6.42 Å². The van der Waals surface area contributed by atoms with Crippen LogP contribution in [-0.2, 0) is 6.42 Å². The van der Waals surface area contributed by atoms with Gasteiger partial charge in [0.1, 0.15) is 5.69 Å². The highest BCUT2D eigenvalue weighted by molar-refractivity contribution is 5.92. The summed E-state index contributed by atoms with van der Waals surface area (Å²) in [6.45, 7) is 3.94. The number of hydrogen-bond acceptors (Lipinski definition) is 4. The molecule has 1 amide bonds. The molecule has 0 spiro atoms. The van der Waals surface area contributed by atoms with Gasteiger partial charge < -0.3 is 10.4 Å². The minimum absolute atomic E-state index is 0.0860. The summed E-state index contributed by atoms with van der Waals surface area (Å²) in [4.78, 5) is 14.6. The van der Waals surface area contributed by atoms with Crippen LogP contribution in [0.2, 0.25) is 0 Å². The molecule has 1 aromatic rings. The van der Waals surface area contributed by atoms with E-state index >= 15 is 0 Å². The highest BCUT2D eigenvalue weighted by Gasteiger charge is 2.31. The van der Waals surface area contributed by atoms with Crippen molar-refractivity contribution in [3.8, 4) is 0 Å². The zero-order valence-electron chi connectivity index (χ0n) is 13.9. The van der Waals surface area contributed by atoms with Crippen molar-refractivity contribution in [3.63, 3.8) is 0 Å². The third-order valence-electron chi connectivity index (χ3n) is 5.27. The molecule has 0 bridgehead atoms. The van der Waals surface area contributed by atoms with Crippen LogP contribution in [0.5, 0.6) is 0 Å². The third kappa shape index (κ3) is 3.93. The van der Waals surface area contributed by atoms with Crippen LogP contribution < -0.4 is 5.32 Å². The average Bonchev–Trinajstić information content (AvgIpc) is 3.05. The summed E-state index contributed by atoms with van der Waals surface area (Å²) in [6.07, 6.45) is 6.96. The van der Waals surface area contributed by atoms with E-state index in [9.17, 15) is 9.90 Å². The van der Waals surface area contributed by atoms with Gasteiger partial charge in [0.25, 0.3) is 5.91 Å². The molecule has 2 atom stereocenters. The fourth-order valence-corrected chi connectivity index (χ4v) is 3.81. The monoisotopic (exact) mass is 320 g/mol. The second-order valence-electron chi connectivity index (χ2n) is 6.83. The van der Waals surface area contributed by atoms with Crippen molar-refractivity contribution in [2.45, 2.75) is 70.1 Å². The Labute approximate surface area is 137 Å². The second kappa shape index (κ2) is 7.45. The molecule has 23 heavy (non-hydrogen) atoms. The number of aliphatic hydroxyl groups excluding tert-OH is 1. The number of amides is 1. The van der Waals surface area contributed by atoms with Gasteiger partial charge in [0.05, 0.1) is 6.10 Å². The Balaban J connectivity index is 1.48. The maximum absolute atomic E-state index is 12.2. The van der Waals surface area contributed by atoms with Gasteiger partial charge in [-0.3, -0.25) is 14.8 Å². The van der Waals surface area contributed by atoms with Crippen LogP contribution in [0.25, 0.3) is 0 Å². The summed E-state index contributed by atoms with van der Waals surface area (Å²) >= 11 is 0. The van der Waals surface area contributed by atoms with Crippen LogP contribution in [0.3, 0.4) is 0 Å². The van der Waals surface area contributed by atoms with E-state index in [0.29, 0.717) is 11.7 Å². The Morgan fingerprint density at radius 1 is 1.35 bits per heavy atom. The molecule has 3 N–H and O–H groups in total. The lowest BCUT2D eigenvalue weighted by Crippen LogP contribution is -2.52. The first-order valence-corrected chi connectivity index (χ1v) is 8.94. The van der Waals surface area contributed by atoms with Crippen LogP contribution in [0.4, 0.5) is 0 Å². The molecule has 1 saturated heterocycles. The first-order chi connectivity index (χ1) is 11.2. The molecule has 2 fully saturated rings. The van der Waals surface area contributed by atoms with Gasteiger partial charge in [0.2, 0.25) is 0 Å². The largest absolute Gasteiger partial charge is 0.391 e. The van der Waals surface area contributed by atoms with E-state index in [1.54, 1.807) is 0 Å². The predicted molar refractivity (Wildman–Crippen MR) is 88.3 cm³/mol. The molecule has 2 aliphatic rings. The Morgan fingerprint density at radius 3 is 2.74 bits per heavy atom. The summed E-state index contributed by atoms with van der Waals surface area (Å²) in [6, 6.07) is 2.35. The fraction of sp³-hybridized carbons (Fsp3) is 0.765. The van der Waals surface area contributed by atoms with Gasteiger partial charge in [0.15, 0.2) is 0 Å². The number of aromatic amines is 1. The number of carbonyl (C=O) groups excluding carboxylic acids is 1. The summed E-state index contributed by atoms with van der Waals surface area (Å²) in [5.41, 5.74) is 1.46. The SMILES string of the molecule is CCc1cc(C(=O)NC2CCN(C3CCCCC3O)CC2)n[nH]1. The number of aliphatic hydroxyl groups is 1. The number of likely N-dealkylation sites (tertiary alicyclic amines) is 1. The number of hydrogen-bond donors (Lipinski definition) is 3. The molecule has 128 valence electrons. The van der Waals surface area contributed by atoms with E-state index in [1.807, 2.05) is 13.0 Å². The molecule has 2 unspecified atom stereocenters. The van der Waals surface area contributed by atoms with Crippen molar-refractivity contribution in [2.24, 2.45) is 0 Å². The topological polar surface area (TPSA) is 81.2 Å². The highest BCUT2D eigenvalue weighted by Crippen LogP contribution is 2.25. The molecule has 3 rings (SSSR count). The predicted octanol–water partition coefficient (Wildman–Crippen LogP) is 1.47. The molecular formula is C17H28N4O2. The van der Waals surface area contributed by atoms with E-state index in [4.69, 9.17) is 0 Å². The number of nitrogens with zero attached hydrogens (tertiary/aromatic N) is 2. The smallest absolute Gasteiger partial charge is 0.271 e. The van der Waals surface area contributed by atoms with Crippen molar-refractivity contribution in [1.29, 1.82) is 0 Å². The van der Waals surface area contributed by atoms with Gasteiger partial charge in [-0.25, -0.2) is 0 Å². The first-order valence-electron chi connectivity index (χ1n) is 8.94. The van der Waals surface area contributed by atoms with E-state index in [0.717, 1.165) is 57.3 Å². The number of H-pyrrole nitrogens is 1. The molecule has 1 aliphatic carbocycles. The summed E-state index contributed by atoms with van der Waals surface area (Å²) in [5, 5.41) is 20.2. The molecular weight excluding hydrogens is 292 g/mol. The third-order valence-corrected chi connectivity index (χ3v) is 5.27.